The fourth-order valence-corrected chi connectivity index (χ4v) is 5.77. The highest BCUT2D eigenvalue weighted by molar-refractivity contribution is 7.98. The molecule has 0 atom stereocenters. The molecule has 0 saturated heterocycles. The van der Waals surface area contributed by atoms with Gasteiger partial charge in [-0.05, 0) is 61.2 Å². The monoisotopic (exact) mass is 582 g/mol. The van der Waals surface area contributed by atoms with E-state index < -0.39 is 0 Å². The molecule has 1 aliphatic rings. The Kier molecular flexibility index (Phi) is 7.21. The Morgan fingerprint density at radius 3 is 2.59 bits per heavy atom. The van der Waals surface area contributed by atoms with E-state index in [4.69, 9.17) is 14.8 Å². The van der Waals surface area contributed by atoms with Crippen LogP contribution in [0.3, 0.4) is 0 Å². The van der Waals surface area contributed by atoms with Crippen molar-refractivity contribution in [2.24, 2.45) is 17.1 Å². The number of hydrogen-bond acceptors (Lipinski definition) is 7. The van der Waals surface area contributed by atoms with E-state index in [1.807, 2.05) is 98.4 Å². The Balaban J connectivity index is 1.50. The molecule has 0 fully saturated rings. The van der Waals surface area contributed by atoms with Gasteiger partial charge in [0.25, 0.3) is 11.5 Å². The minimum absolute atomic E-state index is 0.00954. The highest BCUT2D eigenvalue weighted by atomic mass is 32.2. The molecule has 5 aromatic rings. The largest absolute Gasteiger partial charge is 0.482 e. The predicted molar refractivity (Wildman–Crippen MR) is 164 cm³/mol. The highest BCUT2D eigenvalue weighted by Crippen LogP contribution is 2.33. The Morgan fingerprint density at radius 1 is 1.05 bits per heavy atom. The number of fused-ring (bicyclic) bond motifs is 1. The van der Waals surface area contributed by atoms with Gasteiger partial charge in [0.15, 0.2) is 12.3 Å². The van der Waals surface area contributed by atoms with Crippen molar-refractivity contribution >= 4 is 46.6 Å². The van der Waals surface area contributed by atoms with Gasteiger partial charge in [-0.3, -0.25) is 14.3 Å². The van der Waals surface area contributed by atoms with Gasteiger partial charge in [0.1, 0.15) is 5.75 Å². The smallest absolute Gasteiger partial charge is 0.297 e. The molecule has 1 N–H and O–H groups in total. The summed E-state index contributed by atoms with van der Waals surface area (Å²) < 4.78 is 10.7. The number of thioether (sulfide) groups is 1. The minimum Gasteiger partial charge on any atom is -0.482 e. The second-order valence-corrected chi connectivity index (χ2v) is 11.0. The van der Waals surface area contributed by atoms with Gasteiger partial charge < -0.3 is 10.1 Å². The molecule has 1 aliphatic heterocycles. The van der Waals surface area contributed by atoms with E-state index in [9.17, 15) is 9.59 Å². The number of nitrogens with zero attached hydrogens (tertiary/aromatic N) is 5. The van der Waals surface area contributed by atoms with Crippen LogP contribution in [0.4, 0.5) is 11.4 Å². The molecule has 0 spiro atoms. The van der Waals surface area contributed by atoms with E-state index in [2.05, 4.69) is 5.32 Å². The average Bonchev–Trinajstić information content (AvgIpc) is 3.49. The first-order valence-corrected chi connectivity index (χ1v) is 14.9. The van der Waals surface area contributed by atoms with Crippen molar-refractivity contribution < 1.29 is 9.53 Å². The predicted octanol–water partition coefficient (Wildman–Crippen LogP) is 5.18. The Hall–Kier alpha value is -4.61. The number of rotatable bonds is 6. The summed E-state index contributed by atoms with van der Waals surface area (Å²) in [5, 5.41) is 9.61. The molecule has 0 aliphatic carbocycles. The summed E-state index contributed by atoms with van der Waals surface area (Å²) >= 11 is 3.05. The maximum absolute atomic E-state index is 13.6. The average molecular weight is 583 g/mol. The molecule has 1 amide bonds. The number of ether oxygens (including phenoxy) is 1. The lowest BCUT2D eigenvalue weighted by Gasteiger charge is -2.18. The van der Waals surface area contributed by atoms with Crippen LogP contribution >= 0.6 is 23.1 Å². The number of hydrogen-bond donors (Lipinski definition) is 1. The number of carbonyl (C=O) groups is 1. The number of carbonyl (C=O) groups excluding carboxylic acids is 1. The second-order valence-electron chi connectivity index (χ2n) is 9.30. The molecule has 3 heterocycles. The summed E-state index contributed by atoms with van der Waals surface area (Å²) in [5.41, 5.74) is 4.69. The Morgan fingerprint density at radius 2 is 1.83 bits per heavy atom. The van der Waals surface area contributed by atoms with Crippen molar-refractivity contribution in [2.75, 3.05) is 18.2 Å². The van der Waals surface area contributed by atoms with Gasteiger partial charge in [-0.25, -0.2) is 14.4 Å². The van der Waals surface area contributed by atoms with Crippen molar-refractivity contribution in [1.82, 2.24) is 14.0 Å². The molecule has 2 aromatic heterocycles. The van der Waals surface area contributed by atoms with Crippen molar-refractivity contribution in [3.8, 4) is 22.7 Å². The second kappa shape index (κ2) is 11.1. The number of anilines is 1. The van der Waals surface area contributed by atoms with Crippen LogP contribution in [0.1, 0.15) is 11.3 Å². The molecule has 0 unspecified atom stereocenters. The van der Waals surface area contributed by atoms with Crippen LogP contribution in [0.2, 0.25) is 0 Å². The summed E-state index contributed by atoms with van der Waals surface area (Å²) in [6, 6.07) is 23.2. The van der Waals surface area contributed by atoms with Crippen LogP contribution in [-0.2, 0) is 11.8 Å². The molecule has 6 rings (SSSR count). The zero-order valence-electron chi connectivity index (χ0n) is 22.6. The standard InChI is InChI=1S/C30H26N6O3S2/c1-19-28(29(38)36(34(19)2)22-7-5-4-6-8-22)33-30-35(31-16-20-9-12-23(40-3)13-10-20)25(18-41-30)21-11-14-26-24(15-21)32-27(37)17-39-26/h4-16,18H,17H2,1-3H3,(H,32,37). The first-order chi connectivity index (χ1) is 19.9. The van der Waals surface area contributed by atoms with Gasteiger partial charge in [0.05, 0.1) is 29.0 Å². The summed E-state index contributed by atoms with van der Waals surface area (Å²) in [6.07, 6.45) is 3.80. The van der Waals surface area contributed by atoms with Crippen molar-refractivity contribution in [3.05, 3.63) is 105 Å². The van der Waals surface area contributed by atoms with Crippen molar-refractivity contribution in [2.45, 2.75) is 11.8 Å². The molecule has 0 bridgehead atoms. The summed E-state index contributed by atoms with van der Waals surface area (Å²) in [4.78, 5) is 32.1. The van der Waals surface area contributed by atoms with Gasteiger partial charge in [-0.2, -0.15) is 5.10 Å². The maximum atomic E-state index is 13.6. The highest BCUT2D eigenvalue weighted by Gasteiger charge is 2.19. The number of amides is 1. The lowest BCUT2D eigenvalue weighted by molar-refractivity contribution is -0.118. The zero-order chi connectivity index (χ0) is 28.5. The van der Waals surface area contributed by atoms with E-state index in [0.29, 0.717) is 21.9 Å². The van der Waals surface area contributed by atoms with Crippen LogP contribution in [-0.4, -0.2) is 39.0 Å². The fourth-order valence-electron chi connectivity index (χ4n) is 4.52. The third-order valence-corrected chi connectivity index (χ3v) is 8.32. The minimum atomic E-state index is -0.219. The summed E-state index contributed by atoms with van der Waals surface area (Å²) in [7, 11) is 1.84. The van der Waals surface area contributed by atoms with Gasteiger partial charge in [-0.15, -0.1) is 23.1 Å². The van der Waals surface area contributed by atoms with Crippen LogP contribution in [0.15, 0.2) is 98.0 Å². The molecule has 11 heteroatoms. The number of benzene rings is 3. The Labute approximate surface area is 244 Å². The first kappa shape index (κ1) is 26.6. The van der Waals surface area contributed by atoms with Crippen LogP contribution in [0.25, 0.3) is 16.9 Å². The summed E-state index contributed by atoms with van der Waals surface area (Å²) in [5.74, 6) is 0.406. The topological polar surface area (TPSA) is 94.9 Å². The van der Waals surface area contributed by atoms with Gasteiger partial charge in [-0.1, -0.05) is 30.3 Å². The summed E-state index contributed by atoms with van der Waals surface area (Å²) in [6.45, 7) is 1.87. The zero-order valence-corrected chi connectivity index (χ0v) is 24.2. The first-order valence-electron chi connectivity index (χ1n) is 12.8. The lowest BCUT2D eigenvalue weighted by Crippen LogP contribution is -2.25. The number of para-hydroxylation sites is 1. The third-order valence-electron chi connectivity index (χ3n) is 6.76. The number of nitrogens with one attached hydrogen (secondary N) is 1. The van der Waals surface area contributed by atoms with E-state index in [0.717, 1.165) is 33.1 Å². The Bertz CT molecular complexity index is 1910. The van der Waals surface area contributed by atoms with Crippen molar-refractivity contribution in [1.29, 1.82) is 0 Å². The van der Waals surface area contributed by atoms with Crippen LogP contribution in [0, 0.1) is 6.92 Å². The molecular weight excluding hydrogens is 557 g/mol. The fraction of sp³-hybridized carbons (Fsp3) is 0.133. The lowest BCUT2D eigenvalue weighted by atomic mass is 10.1. The third kappa shape index (κ3) is 5.17. The van der Waals surface area contributed by atoms with Gasteiger partial charge in [0.2, 0.25) is 4.80 Å². The van der Waals surface area contributed by atoms with Crippen molar-refractivity contribution in [3.63, 3.8) is 0 Å². The molecule has 41 heavy (non-hydrogen) atoms. The van der Waals surface area contributed by atoms with Crippen LogP contribution < -0.4 is 20.4 Å². The van der Waals surface area contributed by atoms with E-state index in [1.165, 1.54) is 11.3 Å². The number of thiazole rings is 1. The quantitative estimate of drug-likeness (QED) is 0.221. The van der Waals surface area contributed by atoms with Gasteiger partial charge in [0, 0.05) is 22.9 Å². The normalized spacial score (nSPS) is 13.3. The molecule has 9 nitrogen and oxygen atoms in total. The van der Waals surface area contributed by atoms with Crippen LogP contribution in [0.5, 0.6) is 5.75 Å². The number of aromatic nitrogens is 3. The van der Waals surface area contributed by atoms with Gasteiger partial charge >= 0.3 is 0 Å². The van der Waals surface area contributed by atoms with E-state index in [1.54, 1.807) is 32.0 Å². The maximum Gasteiger partial charge on any atom is 0.297 e. The SMILES string of the molecule is CSc1ccc(C=Nn2c(-c3ccc4c(c3)NC(=O)CO4)csc2=Nc2c(C)n(C)n(-c3ccccc3)c2=O)cc1. The molecule has 3 aromatic carbocycles. The van der Waals surface area contributed by atoms with E-state index in [-0.39, 0.29) is 18.1 Å². The molecule has 0 radical (unpaired) electrons. The van der Waals surface area contributed by atoms with E-state index >= 15 is 0 Å². The molecular formula is C30H26N6O3S2. The molecule has 0 saturated carbocycles. The molecule has 206 valence electrons.